The number of carbonyl (C=O) groups excluding carboxylic acids is 1. The molecule has 0 radical (unpaired) electrons. The number of carbonyl (C=O) groups is 1. The Bertz CT molecular complexity index is 730. The molecule has 0 fully saturated rings. The van der Waals surface area contributed by atoms with Crippen molar-refractivity contribution in [2.45, 2.75) is 104 Å². The third kappa shape index (κ3) is 11.3. The molecule has 196 valence electrons. The third-order valence-corrected chi connectivity index (χ3v) is 11.2. The molecule has 3 atom stereocenters. The van der Waals surface area contributed by atoms with Gasteiger partial charge in [0.25, 0.3) is 0 Å². The Morgan fingerprint density at radius 2 is 1.71 bits per heavy atom. The Morgan fingerprint density at radius 3 is 2.24 bits per heavy atom. The van der Waals surface area contributed by atoms with Crippen molar-refractivity contribution in [2.24, 2.45) is 5.41 Å². The van der Waals surface area contributed by atoms with Crippen molar-refractivity contribution in [1.29, 1.82) is 0 Å². The predicted octanol–water partition coefficient (Wildman–Crippen LogP) is 6.49. The van der Waals surface area contributed by atoms with E-state index in [1.807, 2.05) is 19.1 Å². The first-order chi connectivity index (χ1) is 15.6. The highest BCUT2D eigenvalue weighted by Gasteiger charge is 2.41. The van der Waals surface area contributed by atoms with Crippen LogP contribution in [0.25, 0.3) is 0 Å². The molecule has 0 aliphatic rings. The van der Waals surface area contributed by atoms with Gasteiger partial charge in [0.15, 0.2) is 8.32 Å². The molecule has 2 N–H and O–H groups in total. The molecule has 0 aliphatic carbocycles. The molecule has 0 saturated carbocycles. The van der Waals surface area contributed by atoms with E-state index in [9.17, 15) is 15.0 Å². The van der Waals surface area contributed by atoms with Gasteiger partial charge in [0, 0.05) is 6.42 Å². The molecule has 0 unspecified atom stereocenters. The van der Waals surface area contributed by atoms with Crippen LogP contribution in [-0.2, 0) is 14.0 Å². The van der Waals surface area contributed by atoms with Crippen molar-refractivity contribution in [3.63, 3.8) is 0 Å². The molecule has 0 saturated heterocycles. The minimum absolute atomic E-state index is 0.0341. The highest BCUT2D eigenvalue weighted by Crippen LogP contribution is 2.36. The van der Waals surface area contributed by atoms with Crippen LogP contribution >= 0.6 is 0 Å². The molecule has 6 heteroatoms. The first kappa shape index (κ1) is 32.5. The summed E-state index contributed by atoms with van der Waals surface area (Å²) in [7, 11) is -1.73. The number of hydrogen-bond acceptors (Lipinski definition) is 5. The number of aliphatic hydroxyl groups excluding tert-OH is 2. The molecule has 34 heavy (non-hydrogen) atoms. The van der Waals surface area contributed by atoms with Crippen LogP contribution in [-0.4, -0.2) is 49.9 Å². The summed E-state index contributed by atoms with van der Waals surface area (Å²) in [5.41, 5.74) is 1.12. The van der Waals surface area contributed by atoms with E-state index in [1.54, 1.807) is 13.8 Å². The summed E-state index contributed by atoms with van der Waals surface area (Å²) in [6.45, 7) is 23.3. The number of aliphatic hydroxyl groups is 2. The quantitative estimate of drug-likeness (QED) is 0.0894. The Kier molecular flexibility index (Phi) is 14.2. The second kappa shape index (κ2) is 14.8. The minimum Gasteiger partial charge on any atom is -0.465 e. The average Bonchev–Trinajstić information content (AvgIpc) is 2.74. The van der Waals surface area contributed by atoms with Crippen molar-refractivity contribution in [3.8, 4) is 0 Å². The zero-order valence-corrected chi connectivity index (χ0v) is 24.1. The van der Waals surface area contributed by atoms with Crippen molar-refractivity contribution in [3.05, 3.63) is 48.1 Å². The van der Waals surface area contributed by atoms with E-state index in [0.717, 1.165) is 18.4 Å². The largest absolute Gasteiger partial charge is 0.465 e. The van der Waals surface area contributed by atoms with Gasteiger partial charge in [-0.3, -0.25) is 4.79 Å². The van der Waals surface area contributed by atoms with E-state index >= 15 is 0 Å². The van der Waals surface area contributed by atoms with E-state index in [4.69, 9.17) is 9.16 Å². The fourth-order valence-electron chi connectivity index (χ4n) is 2.94. The van der Waals surface area contributed by atoms with Gasteiger partial charge in [0.05, 0.1) is 30.8 Å². The first-order valence-electron chi connectivity index (χ1n) is 12.4. The van der Waals surface area contributed by atoms with Gasteiger partial charge in [0.2, 0.25) is 0 Å². The van der Waals surface area contributed by atoms with Gasteiger partial charge in [-0.15, -0.1) is 6.58 Å². The standard InChI is InChI=1S/C28H50O5Si/c1-11-24(29)20-25(30)28(8,26(31)32-12-2)19-18-22(3)16-14-13-15-17-23(4)21-33-34(9,10)27(5,6)7/h11,14,16-18,24-25,29-30H,1,12-13,15,19-21H2,2-10H3/b16-14+,22-18+,23-17+/t24-,25-,28-/m1/s1. The van der Waals surface area contributed by atoms with Crippen LogP contribution in [0.2, 0.25) is 18.1 Å². The molecule has 0 heterocycles. The fraction of sp³-hybridized carbons (Fsp3) is 0.679. The van der Waals surface area contributed by atoms with E-state index in [1.165, 1.54) is 11.6 Å². The lowest BCUT2D eigenvalue weighted by Gasteiger charge is -2.36. The summed E-state index contributed by atoms with van der Waals surface area (Å²) in [4.78, 5) is 12.6. The molecular weight excluding hydrogens is 444 g/mol. The summed E-state index contributed by atoms with van der Waals surface area (Å²) in [6, 6.07) is 0. The van der Waals surface area contributed by atoms with Crippen LogP contribution < -0.4 is 0 Å². The van der Waals surface area contributed by atoms with Crippen LogP contribution in [0.4, 0.5) is 0 Å². The molecule has 0 amide bonds. The zero-order chi connectivity index (χ0) is 26.6. The SMILES string of the molecule is C=C[C@@H](O)C[C@@H](O)[C@@](C)(C/C=C(C)/C=C/CC/C=C(\C)CO[Si](C)(C)C(C)(C)C)C(=O)OCC. The predicted molar refractivity (Wildman–Crippen MR) is 145 cm³/mol. The topological polar surface area (TPSA) is 76.0 Å². The lowest BCUT2D eigenvalue weighted by atomic mass is 9.78. The minimum atomic E-state index is -1.73. The van der Waals surface area contributed by atoms with Crippen molar-refractivity contribution < 1.29 is 24.2 Å². The smallest absolute Gasteiger partial charge is 0.314 e. The van der Waals surface area contributed by atoms with Gasteiger partial charge in [0.1, 0.15) is 0 Å². The summed E-state index contributed by atoms with van der Waals surface area (Å²) in [5.74, 6) is -0.465. The summed E-state index contributed by atoms with van der Waals surface area (Å²) < 4.78 is 11.5. The molecule has 0 aliphatic heterocycles. The monoisotopic (exact) mass is 494 g/mol. The average molecular weight is 495 g/mol. The Balaban J connectivity index is 4.92. The molecule has 0 rings (SSSR count). The normalized spacial score (nSPS) is 17.4. The van der Waals surface area contributed by atoms with Gasteiger partial charge in [-0.2, -0.15) is 0 Å². The van der Waals surface area contributed by atoms with Crippen LogP contribution in [0.1, 0.15) is 74.1 Å². The van der Waals surface area contributed by atoms with Crippen LogP contribution in [0, 0.1) is 5.41 Å². The van der Waals surface area contributed by atoms with Crippen molar-refractivity contribution >= 4 is 14.3 Å². The fourth-order valence-corrected chi connectivity index (χ4v) is 3.96. The zero-order valence-electron chi connectivity index (χ0n) is 23.1. The third-order valence-electron chi connectivity index (χ3n) is 6.74. The number of esters is 1. The van der Waals surface area contributed by atoms with Gasteiger partial charge in [-0.1, -0.05) is 62.3 Å². The number of rotatable bonds is 15. The Hall–Kier alpha value is -1.47. The van der Waals surface area contributed by atoms with Gasteiger partial charge in [-0.25, -0.2) is 0 Å². The van der Waals surface area contributed by atoms with Gasteiger partial charge >= 0.3 is 5.97 Å². The van der Waals surface area contributed by atoms with E-state index in [0.29, 0.717) is 13.0 Å². The maximum absolute atomic E-state index is 12.6. The van der Waals surface area contributed by atoms with Crippen LogP contribution in [0.3, 0.4) is 0 Å². The molecule has 0 aromatic carbocycles. The summed E-state index contributed by atoms with van der Waals surface area (Å²) >= 11 is 0. The second-order valence-electron chi connectivity index (χ2n) is 10.9. The van der Waals surface area contributed by atoms with E-state index in [-0.39, 0.29) is 18.1 Å². The number of hydrogen-bond donors (Lipinski definition) is 2. The van der Waals surface area contributed by atoms with Crippen LogP contribution in [0.15, 0.2) is 48.1 Å². The Labute approximate surface area is 209 Å². The molecule has 0 aromatic rings. The van der Waals surface area contributed by atoms with E-state index in [2.05, 4.69) is 59.5 Å². The molecule has 5 nitrogen and oxygen atoms in total. The van der Waals surface area contributed by atoms with Crippen molar-refractivity contribution in [2.75, 3.05) is 13.2 Å². The maximum Gasteiger partial charge on any atom is 0.314 e. The maximum atomic E-state index is 12.6. The molecular formula is C28H50O5Si. The van der Waals surface area contributed by atoms with Gasteiger partial charge in [-0.05, 0) is 65.1 Å². The number of ether oxygens (including phenoxy) is 1. The second-order valence-corrected chi connectivity index (χ2v) is 15.7. The summed E-state index contributed by atoms with van der Waals surface area (Å²) in [5, 5.41) is 20.7. The van der Waals surface area contributed by atoms with Gasteiger partial charge < -0.3 is 19.4 Å². The van der Waals surface area contributed by atoms with E-state index < -0.39 is 31.9 Å². The summed E-state index contributed by atoms with van der Waals surface area (Å²) in [6.07, 6.45) is 9.95. The van der Waals surface area contributed by atoms with Crippen molar-refractivity contribution in [1.82, 2.24) is 0 Å². The highest BCUT2D eigenvalue weighted by atomic mass is 28.4. The number of allylic oxidation sites excluding steroid dienone is 5. The lowest BCUT2D eigenvalue weighted by molar-refractivity contribution is -0.162. The lowest BCUT2D eigenvalue weighted by Crippen LogP contribution is -2.42. The first-order valence-corrected chi connectivity index (χ1v) is 15.3. The number of unbranched alkanes of at least 4 members (excludes halogenated alkanes) is 1. The molecule has 0 aromatic heterocycles. The van der Waals surface area contributed by atoms with Crippen LogP contribution in [0.5, 0.6) is 0 Å². The molecule has 0 bridgehead atoms. The highest BCUT2D eigenvalue weighted by molar-refractivity contribution is 6.74. The Morgan fingerprint density at radius 1 is 1.09 bits per heavy atom. The molecule has 0 spiro atoms.